The molecule has 11 heavy (non-hydrogen) atoms. The van der Waals surface area contributed by atoms with E-state index in [1.54, 1.807) is 0 Å². The van der Waals surface area contributed by atoms with Gasteiger partial charge in [-0.05, 0) is 5.92 Å². The van der Waals surface area contributed by atoms with Gasteiger partial charge < -0.3 is 0 Å². The van der Waals surface area contributed by atoms with Crippen LogP contribution in [0.2, 0.25) is 0 Å². The Kier molecular flexibility index (Phi) is 3.33. The van der Waals surface area contributed by atoms with Gasteiger partial charge in [0, 0.05) is 41.7 Å². The number of nitrogens with zero attached hydrogens (tertiary/aromatic N) is 1. The Labute approximate surface area is 81.2 Å². The Bertz CT molecular complexity index is 134. The van der Waals surface area contributed by atoms with E-state index in [0.29, 0.717) is 0 Å². The van der Waals surface area contributed by atoms with Crippen molar-refractivity contribution in [2.24, 2.45) is 5.92 Å². The molecular weight excluding hydrogens is 290 g/mol. The van der Waals surface area contributed by atoms with Gasteiger partial charge in [-0.2, -0.15) is 13.2 Å². The van der Waals surface area contributed by atoms with Gasteiger partial charge in [0.1, 0.15) is 0 Å². The van der Waals surface area contributed by atoms with Crippen LogP contribution in [-0.2, 0) is 0 Å². The van der Waals surface area contributed by atoms with Crippen molar-refractivity contribution in [3.05, 3.63) is 0 Å². The Hall–Kier alpha value is 0.830. The second kappa shape index (κ2) is 3.69. The Balaban J connectivity index is 2.05. The largest absolute Gasteiger partial charge is 0.441 e. The lowest BCUT2D eigenvalue weighted by molar-refractivity contribution is -0.0331. The highest BCUT2D eigenvalue weighted by Gasteiger charge is 2.33. The van der Waals surface area contributed by atoms with Crippen molar-refractivity contribution >= 4 is 34.6 Å². The van der Waals surface area contributed by atoms with E-state index in [1.165, 1.54) is 0 Å². The lowest BCUT2D eigenvalue weighted by Gasteiger charge is -2.33. The monoisotopic (exact) mass is 297 g/mol. The molecule has 0 aromatic heterocycles. The van der Waals surface area contributed by atoms with Crippen LogP contribution in [-0.4, -0.2) is 27.5 Å². The molecule has 1 rings (SSSR count). The standard InChI is InChI=1S/C5H7F3INS/c6-5(7,8)11-3-4-1-10(9)2-4/h4H,1-3H2. The summed E-state index contributed by atoms with van der Waals surface area (Å²) in [6.07, 6.45) is 0. The summed E-state index contributed by atoms with van der Waals surface area (Å²) in [6.45, 7) is 1.59. The summed E-state index contributed by atoms with van der Waals surface area (Å²) < 4.78 is 36.8. The van der Waals surface area contributed by atoms with Gasteiger partial charge in [0.25, 0.3) is 0 Å². The van der Waals surface area contributed by atoms with Crippen LogP contribution in [0.15, 0.2) is 0 Å². The molecule has 1 fully saturated rings. The van der Waals surface area contributed by atoms with Gasteiger partial charge in [-0.25, -0.2) is 3.11 Å². The maximum absolute atomic E-state index is 11.6. The summed E-state index contributed by atoms with van der Waals surface area (Å²) >= 11 is 2.20. The van der Waals surface area contributed by atoms with Gasteiger partial charge in [-0.3, -0.25) is 0 Å². The third-order valence-electron chi connectivity index (χ3n) is 1.40. The molecule has 0 saturated carbocycles. The summed E-state index contributed by atoms with van der Waals surface area (Å²) in [7, 11) is 0. The van der Waals surface area contributed by atoms with Crippen LogP contribution in [0.3, 0.4) is 0 Å². The highest BCUT2D eigenvalue weighted by Crippen LogP contribution is 2.34. The van der Waals surface area contributed by atoms with Crippen molar-refractivity contribution in [2.45, 2.75) is 5.51 Å². The van der Waals surface area contributed by atoms with E-state index in [4.69, 9.17) is 0 Å². The van der Waals surface area contributed by atoms with Crippen LogP contribution in [0.1, 0.15) is 0 Å². The molecule has 0 N–H and O–H groups in total. The number of rotatable bonds is 2. The molecule has 0 bridgehead atoms. The first-order valence-electron chi connectivity index (χ1n) is 3.09. The second-order valence-electron chi connectivity index (χ2n) is 2.45. The molecule has 0 radical (unpaired) electrons. The first kappa shape index (κ1) is 9.91. The van der Waals surface area contributed by atoms with Crippen molar-refractivity contribution in [2.75, 3.05) is 18.8 Å². The third-order valence-corrected chi connectivity index (χ3v) is 3.15. The van der Waals surface area contributed by atoms with Crippen LogP contribution >= 0.6 is 34.6 Å². The van der Waals surface area contributed by atoms with E-state index >= 15 is 0 Å². The maximum Gasteiger partial charge on any atom is 0.441 e. The Morgan fingerprint density at radius 1 is 1.45 bits per heavy atom. The van der Waals surface area contributed by atoms with Gasteiger partial charge in [0.2, 0.25) is 0 Å². The SMILES string of the molecule is FC(F)(F)SCC1CN(I)C1. The molecule has 66 valence electrons. The van der Waals surface area contributed by atoms with Crippen LogP contribution in [0.4, 0.5) is 13.2 Å². The molecule has 0 amide bonds. The number of alkyl halides is 3. The highest BCUT2D eigenvalue weighted by atomic mass is 127. The van der Waals surface area contributed by atoms with E-state index in [0.717, 1.165) is 13.1 Å². The van der Waals surface area contributed by atoms with Crippen LogP contribution in [0.25, 0.3) is 0 Å². The summed E-state index contributed by atoms with van der Waals surface area (Å²) in [5, 5.41) is 0. The van der Waals surface area contributed by atoms with Gasteiger partial charge in [0.15, 0.2) is 0 Å². The van der Waals surface area contributed by atoms with Crippen molar-refractivity contribution in [3.8, 4) is 0 Å². The molecule has 1 aliphatic heterocycles. The van der Waals surface area contributed by atoms with Gasteiger partial charge >= 0.3 is 5.51 Å². The summed E-state index contributed by atoms with van der Waals surface area (Å²) in [5.74, 6) is 0.446. The maximum atomic E-state index is 11.6. The minimum absolute atomic E-state index is 0.0895. The molecule has 6 heteroatoms. The molecule has 1 heterocycles. The molecule has 0 spiro atoms. The molecule has 1 saturated heterocycles. The summed E-state index contributed by atoms with van der Waals surface area (Å²) in [5.41, 5.74) is -4.05. The van der Waals surface area contributed by atoms with Gasteiger partial charge in [-0.15, -0.1) is 0 Å². The van der Waals surface area contributed by atoms with E-state index < -0.39 is 5.51 Å². The van der Waals surface area contributed by atoms with Crippen LogP contribution in [0.5, 0.6) is 0 Å². The smallest absolute Gasteiger partial charge is 0.247 e. The fourth-order valence-corrected chi connectivity index (χ4v) is 2.57. The quantitative estimate of drug-likeness (QED) is 0.569. The fourth-order valence-electron chi connectivity index (χ4n) is 0.825. The normalized spacial score (nSPS) is 21.8. The average Bonchev–Trinajstić information content (AvgIpc) is 1.75. The van der Waals surface area contributed by atoms with Crippen LogP contribution < -0.4 is 0 Å². The van der Waals surface area contributed by atoms with E-state index in [2.05, 4.69) is 22.9 Å². The molecular formula is C5H7F3INS. The molecule has 0 aromatic carbocycles. The van der Waals surface area contributed by atoms with Crippen molar-refractivity contribution in [1.82, 2.24) is 3.11 Å². The Morgan fingerprint density at radius 3 is 2.36 bits per heavy atom. The number of halogens is 4. The van der Waals surface area contributed by atoms with Crippen LogP contribution in [0, 0.1) is 5.92 Å². The first-order valence-corrected chi connectivity index (χ1v) is 5.04. The van der Waals surface area contributed by atoms with Gasteiger partial charge in [0.05, 0.1) is 0 Å². The van der Waals surface area contributed by atoms with Crippen molar-refractivity contribution in [1.29, 1.82) is 0 Å². The topological polar surface area (TPSA) is 3.24 Å². The van der Waals surface area contributed by atoms with E-state index in [-0.39, 0.29) is 23.4 Å². The fraction of sp³-hybridized carbons (Fsp3) is 1.00. The lowest BCUT2D eigenvalue weighted by atomic mass is 10.1. The highest BCUT2D eigenvalue weighted by molar-refractivity contribution is 14.1. The predicted octanol–water partition coefficient (Wildman–Crippen LogP) is 2.52. The number of hydrogen-bond donors (Lipinski definition) is 0. The lowest BCUT2D eigenvalue weighted by Crippen LogP contribution is -2.41. The molecule has 1 aliphatic rings. The Morgan fingerprint density at radius 2 is 2.00 bits per heavy atom. The third kappa shape index (κ3) is 3.84. The summed E-state index contributed by atoms with van der Waals surface area (Å²) in [6, 6.07) is 0. The zero-order chi connectivity index (χ0) is 8.48. The second-order valence-corrected chi connectivity index (χ2v) is 4.90. The minimum atomic E-state index is -4.05. The summed E-state index contributed by atoms with van der Waals surface area (Å²) in [4.78, 5) is 0. The average molecular weight is 297 g/mol. The predicted molar refractivity (Wildman–Crippen MR) is 47.6 cm³/mol. The molecule has 1 nitrogen and oxygen atoms in total. The molecule has 0 aromatic rings. The van der Waals surface area contributed by atoms with Gasteiger partial charge in [-0.1, -0.05) is 11.8 Å². The number of thioether (sulfide) groups is 1. The van der Waals surface area contributed by atoms with E-state index in [9.17, 15) is 13.2 Å². The molecule has 0 unspecified atom stereocenters. The van der Waals surface area contributed by atoms with E-state index in [1.807, 2.05) is 3.11 Å². The zero-order valence-electron chi connectivity index (χ0n) is 5.57. The minimum Gasteiger partial charge on any atom is -0.247 e. The molecule has 0 aliphatic carbocycles. The number of hydrogen-bond acceptors (Lipinski definition) is 2. The zero-order valence-corrected chi connectivity index (χ0v) is 8.54. The van der Waals surface area contributed by atoms with Crippen molar-refractivity contribution < 1.29 is 13.2 Å². The first-order chi connectivity index (χ1) is 4.97. The molecule has 0 atom stereocenters. The van der Waals surface area contributed by atoms with Crippen molar-refractivity contribution in [3.63, 3.8) is 0 Å².